The minimum atomic E-state index is -3.63. The number of hydrazine groups is 2. The van der Waals surface area contributed by atoms with Gasteiger partial charge in [0, 0.05) is 11.7 Å². The Morgan fingerprint density at radius 2 is 2.06 bits per heavy atom. The van der Waals surface area contributed by atoms with Crippen molar-refractivity contribution in [2.75, 3.05) is 0 Å². The lowest BCUT2D eigenvalue weighted by Gasteiger charge is -2.16. The van der Waals surface area contributed by atoms with E-state index in [1.807, 2.05) is 6.92 Å². The lowest BCUT2D eigenvalue weighted by Crippen LogP contribution is -2.45. The third-order valence-corrected chi connectivity index (χ3v) is 3.60. The van der Waals surface area contributed by atoms with Crippen molar-refractivity contribution in [1.82, 2.24) is 15.5 Å². The maximum Gasteiger partial charge on any atom is 0.257 e. The average molecular weight is 269 g/mol. The molecule has 1 aromatic rings. The predicted octanol–water partition coefficient (Wildman–Crippen LogP) is 1.27. The van der Waals surface area contributed by atoms with Crippen LogP contribution in [0.25, 0.3) is 0 Å². The average Bonchev–Trinajstić information content (AvgIpc) is 2.77. The molecule has 0 aliphatic carbocycles. The molecule has 0 radical (unpaired) electrons. The van der Waals surface area contributed by atoms with Crippen molar-refractivity contribution in [2.45, 2.75) is 24.7 Å². The summed E-state index contributed by atoms with van der Waals surface area (Å²) in [6.07, 6.45) is 3.29. The fourth-order valence-corrected chi connectivity index (χ4v) is 2.40. The highest BCUT2D eigenvalue weighted by molar-refractivity contribution is 7.89. The van der Waals surface area contributed by atoms with E-state index in [0.717, 1.165) is 18.1 Å². The molecule has 1 aliphatic rings. The Hall–Kier alpha value is -1.57. The second kappa shape index (κ2) is 5.38. The van der Waals surface area contributed by atoms with Crippen LogP contribution in [0.15, 0.2) is 47.2 Å². The number of allylic oxidation sites excluding steroid dienone is 1. The van der Waals surface area contributed by atoms with Gasteiger partial charge in [-0.2, -0.15) is 0 Å². The summed E-state index contributed by atoms with van der Waals surface area (Å²) in [4.78, 5) is 7.71. The lowest BCUT2D eigenvalue weighted by atomic mass is 10.3. The van der Waals surface area contributed by atoms with Gasteiger partial charge in [0.15, 0.2) is 0 Å². The molecular weight excluding hydrogens is 254 g/mol. The molecule has 0 bridgehead atoms. The van der Waals surface area contributed by atoms with Gasteiger partial charge in [-0.3, -0.25) is 5.43 Å². The standard InChI is InChI=1S/C11H15N3O3S/c1-2-6-10-9-12-14(17-10)13-18(15,16)11-7-4-3-5-8-11/h3-5,7-9,12-13H,2,6H2,1H3. The summed E-state index contributed by atoms with van der Waals surface area (Å²) >= 11 is 0. The number of nitrogens with zero attached hydrogens (tertiary/aromatic N) is 1. The van der Waals surface area contributed by atoms with Crippen LogP contribution in [0.1, 0.15) is 19.8 Å². The molecule has 7 heteroatoms. The van der Waals surface area contributed by atoms with E-state index in [2.05, 4.69) is 10.3 Å². The Balaban J connectivity index is 1.99. The second-order valence-corrected chi connectivity index (χ2v) is 5.44. The summed E-state index contributed by atoms with van der Waals surface area (Å²) in [6.45, 7) is 2.01. The van der Waals surface area contributed by atoms with E-state index in [1.54, 1.807) is 24.4 Å². The maximum atomic E-state index is 12.0. The number of nitrogens with one attached hydrogen (secondary N) is 2. The summed E-state index contributed by atoms with van der Waals surface area (Å²) in [5.41, 5.74) is 2.68. The topological polar surface area (TPSA) is 70.7 Å². The van der Waals surface area contributed by atoms with Gasteiger partial charge in [0.25, 0.3) is 10.0 Å². The smallest absolute Gasteiger partial charge is 0.257 e. The highest BCUT2D eigenvalue weighted by Crippen LogP contribution is 2.13. The minimum Gasteiger partial charge on any atom is -0.373 e. The molecule has 2 N–H and O–H groups in total. The van der Waals surface area contributed by atoms with Crippen molar-refractivity contribution in [1.29, 1.82) is 0 Å². The highest BCUT2D eigenvalue weighted by Gasteiger charge is 2.22. The first-order valence-electron chi connectivity index (χ1n) is 5.62. The monoisotopic (exact) mass is 269 g/mol. The van der Waals surface area contributed by atoms with Gasteiger partial charge in [0.05, 0.1) is 11.1 Å². The van der Waals surface area contributed by atoms with Crippen molar-refractivity contribution in [3.8, 4) is 0 Å². The molecule has 0 fully saturated rings. The van der Waals surface area contributed by atoms with E-state index < -0.39 is 10.0 Å². The van der Waals surface area contributed by atoms with Crippen molar-refractivity contribution in [2.24, 2.45) is 0 Å². The van der Waals surface area contributed by atoms with E-state index in [4.69, 9.17) is 4.84 Å². The van der Waals surface area contributed by atoms with Crippen LogP contribution in [0.5, 0.6) is 0 Å². The first-order chi connectivity index (χ1) is 8.62. The summed E-state index contributed by atoms with van der Waals surface area (Å²) in [5.74, 6) is 0.688. The molecular formula is C11H15N3O3S. The van der Waals surface area contributed by atoms with Crippen LogP contribution in [0.3, 0.4) is 0 Å². The maximum absolute atomic E-state index is 12.0. The predicted molar refractivity (Wildman–Crippen MR) is 65.8 cm³/mol. The number of benzene rings is 1. The van der Waals surface area contributed by atoms with Crippen molar-refractivity contribution >= 4 is 10.0 Å². The van der Waals surface area contributed by atoms with Crippen molar-refractivity contribution < 1.29 is 13.3 Å². The van der Waals surface area contributed by atoms with Gasteiger partial charge in [-0.15, -0.1) is 0 Å². The summed E-state index contributed by atoms with van der Waals surface area (Å²) in [6, 6.07) is 8.10. The van der Waals surface area contributed by atoms with E-state index in [-0.39, 0.29) is 4.90 Å². The normalized spacial score (nSPS) is 15.9. The fraction of sp³-hybridized carbons (Fsp3) is 0.273. The molecule has 1 aliphatic heterocycles. The Kier molecular flexibility index (Phi) is 3.85. The number of hydrogen-bond acceptors (Lipinski definition) is 5. The van der Waals surface area contributed by atoms with Crippen LogP contribution in [0.4, 0.5) is 0 Å². The van der Waals surface area contributed by atoms with Gasteiger partial charge >= 0.3 is 0 Å². The molecule has 1 aromatic carbocycles. The molecule has 0 amide bonds. The molecule has 0 unspecified atom stereocenters. The molecule has 0 saturated carbocycles. The molecule has 2 rings (SSSR count). The Labute approximate surface area is 106 Å². The zero-order valence-corrected chi connectivity index (χ0v) is 10.8. The molecule has 0 atom stereocenters. The minimum absolute atomic E-state index is 0.180. The first-order valence-corrected chi connectivity index (χ1v) is 7.11. The molecule has 0 aromatic heterocycles. The fourth-order valence-electron chi connectivity index (χ4n) is 1.47. The van der Waals surface area contributed by atoms with Gasteiger partial charge < -0.3 is 4.84 Å². The van der Waals surface area contributed by atoms with Crippen LogP contribution in [-0.4, -0.2) is 13.7 Å². The molecule has 0 spiro atoms. The van der Waals surface area contributed by atoms with Crippen LogP contribution in [-0.2, 0) is 14.9 Å². The van der Waals surface area contributed by atoms with E-state index in [0.29, 0.717) is 5.76 Å². The largest absolute Gasteiger partial charge is 0.373 e. The molecule has 0 saturated heterocycles. The van der Waals surface area contributed by atoms with E-state index >= 15 is 0 Å². The van der Waals surface area contributed by atoms with E-state index in [1.165, 1.54) is 12.1 Å². The van der Waals surface area contributed by atoms with Crippen LogP contribution in [0.2, 0.25) is 0 Å². The summed E-state index contributed by atoms with van der Waals surface area (Å²) in [7, 11) is -3.63. The molecule has 98 valence electrons. The van der Waals surface area contributed by atoms with Gasteiger partial charge in [-0.05, 0) is 18.6 Å². The Morgan fingerprint density at radius 1 is 1.33 bits per heavy atom. The SMILES string of the molecule is CCCC1=CNN(NS(=O)(=O)c2ccccc2)O1. The molecule has 1 heterocycles. The summed E-state index contributed by atoms with van der Waals surface area (Å²) < 4.78 is 23.9. The Morgan fingerprint density at radius 3 is 2.72 bits per heavy atom. The van der Waals surface area contributed by atoms with Gasteiger partial charge in [-0.1, -0.05) is 30.0 Å². The zero-order chi connectivity index (χ0) is 13.0. The van der Waals surface area contributed by atoms with Gasteiger partial charge in [0.1, 0.15) is 5.76 Å². The quantitative estimate of drug-likeness (QED) is 0.842. The van der Waals surface area contributed by atoms with Crippen molar-refractivity contribution in [3.05, 3.63) is 42.3 Å². The third kappa shape index (κ3) is 3.00. The van der Waals surface area contributed by atoms with E-state index in [9.17, 15) is 8.42 Å². The number of hydrogen-bond donors (Lipinski definition) is 2. The lowest BCUT2D eigenvalue weighted by molar-refractivity contribution is -0.149. The molecule has 6 nitrogen and oxygen atoms in total. The summed E-state index contributed by atoms with van der Waals surface area (Å²) in [5, 5.41) is 0.979. The third-order valence-electron chi connectivity index (χ3n) is 2.30. The zero-order valence-electron chi connectivity index (χ0n) is 9.96. The second-order valence-electron chi connectivity index (χ2n) is 3.78. The van der Waals surface area contributed by atoms with Crippen LogP contribution in [0, 0.1) is 0 Å². The van der Waals surface area contributed by atoms with Crippen molar-refractivity contribution in [3.63, 3.8) is 0 Å². The highest BCUT2D eigenvalue weighted by atomic mass is 32.2. The van der Waals surface area contributed by atoms with Crippen LogP contribution >= 0.6 is 0 Å². The number of sulfonamides is 1. The number of rotatable bonds is 5. The molecule has 18 heavy (non-hydrogen) atoms. The van der Waals surface area contributed by atoms with Crippen LogP contribution < -0.4 is 10.3 Å². The van der Waals surface area contributed by atoms with Gasteiger partial charge in [0.2, 0.25) is 0 Å². The van der Waals surface area contributed by atoms with Gasteiger partial charge in [-0.25, -0.2) is 8.42 Å². The first kappa shape index (κ1) is 12.9. The Bertz CT molecular complexity index is 528.